The summed E-state index contributed by atoms with van der Waals surface area (Å²) in [4.78, 5) is 21.9. The Kier molecular flexibility index (Phi) is 6.84. The Labute approximate surface area is 194 Å². The fourth-order valence-corrected chi connectivity index (χ4v) is 3.45. The van der Waals surface area contributed by atoms with Crippen LogP contribution in [0.4, 0.5) is 5.69 Å². The summed E-state index contributed by atoms with van der Waals surface area (Å²) in [7, 11) is 0. The zero-order chi connectivity index (χ0) is 23.0. The highest BCUT2D eigenvalue weighted by Crippen LogP contribution is 2.23. The molecule has 0 N–H and O–H groups in total. The maximum atomic E-state index is 13.0. The predicted octanol–water partition coefficient (Wildman–Crippen LogP) is 7.08. The number of rotatable bonds is 5. The molecule has 1 amide bonds. The summed E-state index contributed by atoms with van der Waals surface area (Å²) < 4.78 is 0. The van der Waals surface area contributed by atoms with Gasteiger partial charge < -0.3 is 0 Å². The van der Waals surface area contributed by atoms with Gasteiger partial charge >= 0.3 is 0 Å². The Morgan fingerprint density at radius 2 is 1.21 bits per heavy atom. The van der Waals surface area contributed by atoms with E-state index in [1.807, 2.05) is 117 Å². The van der Waals surface area contributed by atoms with Crippen molar-refractivity contribution in [1.82, 2.24) is 0 Å². The zero-order valence-corrected chi connectivity index (χ0v) is 18.7. The van der Waals surface area contributed by atoms with Crippen molar-refractivity contribution in [3.05, 3.63) is 137 Å². The number of hydrogen-bond acceptors (Lipinski definition) is 2. The van der Waals surface area contributed by atoms with E-state index in [0.717, 1.165) is 27.8 Å². The first-order chi connectivity index (χ1) is 16.1. The molecule has 0 unspecified atom stereocenters. The molecule has 0 heterocycles. The molecule has 160 valence electrons. The summed E-state index contributed by atoms with van der Waals surface area (Å²) in [5, 5.41) is 0. The van der Waals surface area contributed by atoms with Gasteiger partial charge in [0.2, 0.25) is 0 Å². The van der Waals surface area contributed by atoms with Gasteiger partial charge in [-0.05, 0) is 48.5 Å². The third kappa shape index (κ3) is 5.48. The van der Waals surface area contributed by atoms with Crippen LogP contribution >= 0.6 is 0 Å². The molecule has 0 bridgehead atoms. The molecule has 0 saturated heterocycles. The van der Waals surface area contributed by atoms with Crippen molar-refractivity contribution < 1.29 is 4.79 Å². The zero-order valence-electron chi connectivity index (χ0n) is 18.7. The van der Waals surface area contributed by atoms with Gasteiger partial charge in [-0.25, -0.2) is 9.98 Å². The molecule has 0 spiro atoms. The van der Waals surface area contributed by atoms with E-state index in [1.165, 1.54) is 0 Å². The lowest BCUT2D eigenvalue weighted by Gasteiger charge is -2.05. The minimum absolute atomic E-state index is 0.324. The lowest BCUT2D eigenvalue weighted by Crippen LogP contribution is -2.02. The van der Waals surface area contributed by atoms with E-state index >= 15 is 0 Å². The fourth-order valence-electron chi connectivity index (χ4n) is 3.45. The quantitative estimate of drug-likeness (QED) is 0.313. The van der Waals surface area contributed by atoms with Crippen molar-refractivity contribution in [1.29, 1.82) is 0 Å². The molecule has 0 radical (unpaired) electrons. The van der Waals surface area contributed by atoms with E-state index in [1.54, 1.807) is 6.07 Å². The first-order valence-electron chi connectivity index (χ1n) is 10.8. The number of hydrogen-bond donors (Lipinski definition) is 0. The minimum atomic E-state index is -0.324. The van der Waals surface area contributed by atoms with Crippen molar-refractivity contribution in [2.24, 2.45) is 9.98 Å². The number of aryl methyl sites for hydroxylation is 1. The van der Waals surface area contributed by atoms with Gasteiger partial charge in [0, 0.05) is 5.71 Å². The number of carbonyl (C=O) groups excluding carboxylic acids is 1. The Morgan fingerprint density at radius 1 is 0.667 bits per heavy atom. The standard InChI is InChI=1S/C30H24N2O/c1-22-17-19-24(20-18-22)23(2)32-30(33)27-15-9-10-16-29(27)31-21-28(25-11-5-3-6-12-25)26-13-7-4-8-14-26/h3-20H,1-2H3. The molecule has 0 aliphatic carbocycles. The molecular formula is C30H24N2O. The van der Waals surface area contributed by atoms with E-state index in [4.69, 9.17) is 0 Å². The van der Waals surface area contributed by atoms with Gasteiger partial charge in [0.15, 0.2) is 0 Å². The van der Waals surface area contributed by atoms with E-state index in [9.17, 15) is 4.79 Å². The normalized spacial score (nSPS) is 10.9. The van der Waals surface area contributed by atoms with Gasteiger partial charge in [0.1, 0.15) is 0 Å². The Bertz CT molecular complexity index is 1300. The van der Waals surface area contributed by atoms with Crippen LogP contribution in [0.3, 0.4) is 0 Å². The monoisotopic (exact) mass is 428 g/mol. The van der Waals surface area contributed by atoms with E-state index in [-0.39, 0.29) is 5.91 Å². The second kappa shape index (κ2) is 10.3. The Hall–Kier alpha value is -4.33. The first-order valence-corrected chi connectivity index (χ1v) is 10.8. The third-order valence-electron chi connectivity index (χ3n) is 5.29. The van der Waals surface area contributed by atoms with Crippen LogP contribution < -0.4 is 0 Å². The second-order valence-electron chi connectivity index (χ2n) is 7.72. The largest absolute Gasteiger partial charge is 0.279 e. The lowest BCUT2D eigenvalue weighted by molar-refractivity contribution is 0.100. The third-order valence-corrected chi connectivity index (χ3v) is 5.29. The first kappa shape index (κ1) is 21.9. The number of amides is 1. The summed E-state index contributed by atoms with van der Waals surface area (Å²) in [5.74, 6) is 2.87. The molecule has 0 saturated carbocycles. The van der Waals surface area contributed by atoms with Crippen LogP contribution in [0.5, 0.6) is 0 Å². The topological polar surface area (TPSA) is 41.8 Å². The van der Waals surface area contributed by atoms with Gasteiger partial charge in [0.05, 0.1) is 16.8 Å². The van der Waals surface area contributed by atoms with Crippen LogP contribution in [-0.4, -0.2) is 17.5 Å². The van der Waals surface area contributed by atoms with Crippen LogP contribution in [-0.2, 0) is 0 Å². The van der Waals surface area contributed by atoms with Crippen molar-refractivity contribution in [2.45, 2.75) is 13.8 Å². The average Bonchev–Trinajstić information content (AvgIpc) is 2.86. The number of para-hydroxylation sites is 1. The van der Waals surface area contributed by atoms with E-state index in [2.05, 4.69) is 15.9 Å². The summed E-state index contributed by atoms with van der Waals surface area (Å²) in [6.45, 7) is 3.87. The van der Waals surface area contributed by atoms with Crippen molar-refractivity contribution in [2.75, 3.05) is 0 Å². The van der Waals surface area contributed by atoms with Gasteiger partial charge in [-0.15, -0.1) is 0 Å². The molecule has 0 fully saturated rings. The second-order valence-corrected chi connectivity index (χ2v) is 7.72. The van der Waals surface area contributed by atoms with Crippen LogP contribution in [0, 0.1) is 6.92 Å². The predicted molar refractivity (Wildman–Crippen MR) is 137 cm³/mol. The summed E-state index contributed by atoms with van der Waals surface area (Å²) in [6.07, 6.45) is 0. The molecule has 0 aliphatic heterocycles. The average molecular weight is 429 g/mol. The Morgan fingerprint density at radius 3 is 1.82 bits per heavy atom. The van der Waals surface area contributed by atoms with E-state index in [0.29, 0.717) is 17.0 Å². The minimum Gasteiger partial charge on any atom is -0.267 e. The van der Waals surface area contributed by atoms with Crippen molar-refractivity contribution in [3.63, 3.8) is 0 Å². The summed E-state index contributed by atoms with van der Waals surface area (Å²) in [5.41, 5.74) is 6.60. The van der Waals surface area contributed by atoms with Gasteiger partial charge in [0.25, 0.3) is 5.91 Å². The number of benzene rings is 4. The number of carbonyl (C=O) groups is 1. The van der Waals surface area contributed by atoms with Gasteiger partial charge in [-0.2, -0.15) is 0 Å². The SMILES string of the molecule is CC(=NC(=O)c1ccccc1N=C=C(c1ccccc1)c1ccccc1)c1ccc(C)cc1. The Balaban J connectivity index is 1.74. The fraction of sp³-hybridized carbons (Fsp3) is 0.0667. The van der Waals surface area contributed by atoms with Crippen LogP contribution in [0.15, 0.2) is 119 Å². The molecule has 3 nitrogen and oxygen atoms in total. The van der Waals surface area contributed by atoms with Crippen LogP contribution in [0.1, 0.15) is 39.5 Å². The molecule has 0 aliphatic rings. The highest BCUT2D eigenvalue weighted by molar-refractivity contribution is 6.11. The van der Waals surface area contributed by atoms with Crippen molar-refractivity contribution >= 4 is 28.7 Å². The molecule has 4 aromatic carbocycles. The van der Waals surface area contributed by atoms with Gasteiger partial charge in [-0.1, -0.05) is 103 Å². The number of aliphatic imine (C=N–C) groups is 2. The molecule has 0 atom stereocenters. The molecule has 0 aromatic heterocycles. The maximum Gasteiger partial charge on any atom is 0.279 e. The maximum absolute atomic E-state index is 13.0. The highest BCUT2D eigenvalue weighted by Gasteiger charge is 2.11. The number of nitrogens with zero attached hydrogens (tertiary/aromatic N) is 2. The summed E-state index contributed by atoms with van der Waals surface area (Å²) >= 11 is 0. The van der Waals surface area contributed by atoms with Crippen LogP contribution in [0.2, 0.25) is 0 Å². The van der Waals surface area contributed by atoms with Crippen LogP contribution in [0.25, 0.3) is 5.57 Å². The van der Waals surface area contributed by atoms with Gasteiger partial charge in [-0.3, -0.25) is 4.79 Å². The summed E-state index contributed by atoms with van der Waals surface area (Å²) in [6, 6.07) is 35.2. The molecular weight excluding hydrogens is 404 g/mol. The molecule has 33 heavy (non-hydrogen) atoms. The lowest BCUT2D eigenvalue weighted by atomic mass is 9.99. The molecule has 3 heteroatoms. The van der Waals surface area contributed by atoms with Crippen molar-refractivity contribution in [3.8, 4) is 0 Å². The smallest absolute Gasteiger partial charge is 0.267 e. The molecule has 4 rings (SSSR count). The molecule has 4 aromatic rings. The van der Waals surface area contributed by atoms with E-state index < -0.39 is 0 Å². The highest BCUT2D eigenvalue weighted by atomic mass is 16.1.